The van der Waals surface area contributed by atoms with Gasteiger partial charge in [0.05, 0.1) is 13.8 Å². The lowest BCUT2D eigenvalue weighted by Crippen LogP contribution is -2.45. The summed E-state index contributed by atoms with van der Waals surface area (Å²) < 4.78 is 25.8. The molecule has 1 heterocycles. The molecule has 1 aromatic heterocycles. The van der Waals surface area contributed by atoms with Crippen LogP contribution in [-0.2, 0) is 19.8 Å². The quantitative estimate of drug-likeness (QED) is 0.165. The summed E-state index contributed by atoms with van der Waals surface area (Å²) >= 11 is 0. The summed E-state index contributed by atoms with van der Waals surface area (Å²) in [4.78, 5) is 25.6. The van der Waals surface area contributed by atoms with Gasteiger partial charge in [0.15, 0.2) is 5.82 Å². The van der Waals surface area contributed by atoms with Crippen molar-refractivity contribution in [2.75, 3.05) is 13.8 Å². The van der Waals surface area contributed by atoms with E-state index in [4.69, 9.17) is 9.47 Å². The van der Waals surface area contributed by atoms with Gasteiger partial charge in [-0.05, 0) is 67.2 Å². The van der Waals surface area contributed by atoms with E-state index in [0.717, 1.165) is 16.7 Å². The van der Waals surface area contributed by atoms with Crippen molar-refractivity contribution in [2.45, 2.75) is 63.1 Å². The Morgan fingerprint density at radius 3 is 1.84 bits per heavy atom. The van der Waals surface area contributed by atoms with E-state index in [1.54, 1.807) is 25.5 Å². The number of rotatable bonds is 12. The van der Waals surface area contributed by atoms with Crippen LogP contribution in [0.3, 0.4) is 0 Å². The predicted octanol–water partition coefficient (Wildman–Crippen LogP) is 5.80. The molecule has 1 amide bonds. The van der Waals surface area contributed by atoms with Crippen molar-refractivity contribution in [1.82, 2.24) is 25.5 Å². The molecule has 10 heteroatoms. The maximum absolute atomic E-state index is 13.6. The number of aromatic nitrogens is 4. The molecule has 3 aromatic carbocycles. The minimum Gasteiger partial charge on any atom is -0.467 e. The first-order valence-corrected chi connectivity index (χ1v) is 14.3. The van der Waals surface area contributed by atoms with Crippen molar-refractivity contribution in [3.05, 3.63) is 114 Å². The first kappa shape index (κ1) is 31.3. The Labute approximate surface area is 251 Å². The van der Waals surface area contributed by atoms with Crippen molar-refractivity contribution in [2.24, 2.45) is 0 Å². The van der Waals surface area contributed by atoms with E-state index in [9.17, 15) is 14.0 Å². The van der Waals surface area contributed by atoms with Crippen LogP contribution in [0.25, 0.3) is 0 Å². The number of hydrogen-bond acceptors (Lipinski definition) is 7. The van der Waals surface area contributed by atoms with Crippen LogP contribution >= 0.6 is 0 Å². The minimum absolute atomic E-state index is 0.0563. The third-order valence-corrected chi connectivity index (χ3v) is 7.13. The van der Waals surface area contributed by atoms with E-state index in [2.05, 4.69) is 20.8 Å². The number of halogens is 1. The third kappa shape index (κ3) is 7.25. The Kier molecular flexibility index (Phi) is 10.2. The van der Waals surface area contributed by atoms with Crippen LogP contribution in [0.1, 0.15) is 68.5 Å². The highest BCUT2D eigenvalue weighted by Crippen LogP contribution is 2.42. The normalized spacial score (nSPS) is 13.1. The number of amides is 1. The van der Waals surface area contributed by atoms with E-state index in [1.165, 1.54) is 7.11 Å². The Morgan fingerprint density at radius 2 is 1.40 bits per heavy atom. The molecular weight excluding hydrogens is 548 g/mol. The molecule has 9 nitrogen and oxygen atoms in total. The lowest BCUT2D eigenvalue weighted by atomic mass is 9.76. The minimum atomic E-state index is -1.09. The molecule has 43 heavy (non-hydrogen) atoms. The molecule has 4 rings (SSSR count). The lowest BCUT2D eigenvalue weighted by molar-refractivity contribution is -0.143. The Bertz CT molecular complexity index is 1360. The summed E-state index contributed by atoms with van der Waals surface area (Å²) in [6, 6.07) is 28.6. The van der Waals surface area contributed by atoms with E-state index >= 15 is 0 Å². The van der Waals surface area contributed by atoms with Gasteiger partial charge in [0.25, 0.3) is 0 Å². The molecule has 0 fully saturated rings. The number of nitrogens with zero attached hydrogens (tertiary/aromatic N) is 4. The zero-order valence-corrected chi connectivity index (χ0v) is 24.9. The Morgan fingerprint density at radius 1 is 0.884 bits per heavy atom. The number of tetrazole rings is 1. The van der Waals surface area contributed by atoms with Gasteiger partial charge < -0.3 is 14.8 Å². The Balaban J connectivity index is 1.89. The smallest absolute Gasteiger partial charge is 0.408 e. The van der Waals surface area contributed by atoms with Crippen LogP contribution < -0.4 is 5.32 Å². The van der Waals surface area contributed by atoms with E-state index < -0.39 is 41.8 Å². The van der Waals surface area contributed by atoms with E-state index in [-0.39, 0.29) is 12.8 Å². The zero-order chi connectivity index (χ0) is 30.9. The highest BCUT2D eigenvalue weighted by atomic mass is 18.2. The molecule has 1 unspecified atom stereocenters. The Hall–Kier alpha value is -4.60. The van der Waals surface area contributed by atoms with Crippen molar-refractivity contribution >= 4 is 12.1 Å². The third-order valence-electron chi connectivity index (χ3n) is 7.13. The topological polar surface area (TPSA) is 108 Å². The first-order valence-electron chi connectivity index (χ1n) is 14.3. The number of carbonyl (C=O) groups excluding carboxylic acids is 2. The molecular formula is C33H38FN5O4. The van der Waals surface area contributed by atoms with Gasteiger partial charge in [-0.2, -0.15) is 0 Å². The number of hydrogen-bond donors (Lipinski definition) is 1. The average Bonchev–Trinajstić information content (AvgIpc) is 3.49. The second-order valence-corrected chi connectivity index (χ2v) is 11.2. The van der Waals surface area contributed by atoms with Gasteiger partial charge in [-0.1, -0.05) is 91.0 Å². The fourth-order valence-electron chi connectivity index (χ4n) is 5.36. The summed E-state index contributed by atoms with van der Waals surface area (Å²) in [5.41, 5.74) is 0.920. The predicted molar refractivity (Wildman–Crippen MR) is 160 cm³/mol. The molecule has 1 N–H and O–H groups in total. The monoisotopic (exact) mass is 586 g/mol. The number of carbonyl (C=O) groups is 2. The SMILES string of the molecule is COC(=O)[C@H](CC(CCC[18F])c1nnnn1C(c1ccccc1)(c1ccccc1)c1ccccc1)NC(=O)OC(C)(C)C. The number of esters is 1. The van der Waals surface area contributed by atoms with Gasteiger partial charge in [-0.25, -0.2) is 14.3 Å². The fraction of sp³-hybridized carbons (Fsp3) is 0.364. The maximum Gasteiger partial charge on any atom is 0.408 e. The lowest BCUT2D eigenvalue weighted by Gasteiger charge is -2.37. The molecule has 4 aromatic rings. The van der Waals surface area contributed by atoms with Crippen molar-refractivity contribution in [3.63, 3.8) is 0 Å². The highest BCUT2D eigenvalue weighted by molar-refractivity contribution is 5.81. The summed E-state index contributed by atoms with van der Waals surface area (Å²) in [7, 11) is 1.25. The van der Waals surface area contributed by atoms with Gasteiger partial charge in [-0.3, -0.25) is 4.39 Å². The van der Waals surface area contributed by atoms with Gasteiger partial charge in [0, 0.05) is 5.92 Å². The van der Waals surface area contributed by atoms with Gasteiger partial charge >= 0.3 is 12.1 Å². The summed E-state index contributed by atoms with van der Waals surface area (Å²) in [6.45, 7) is 4.62. The van der Waals surface area contributed by atoms with E-state index in [0.29, 0.717) is 12.2 Å². The molecule has 0 aliphatic carbocycles. The number of alkyl carbamates (subject to hydrolysis) is 1. The van der Waals surface area contributed by atoms with Crippen LogP contribution in [0.4, 0.5) is 9.18 Å². The molecule has 0 bridgehead atoms. The van der Waals surface area contributed by atoms with Crippen molar-refractivity contribution < 1.29 is 23.5 Å². The number of alkyl halides is 1. The van der Waals surface area contributed by atoms with Crippen LogP contribution in [0.5, 0.6) is 0 Å². The molecule has 0 spiro atoms. The van der Waals surface area contributed by atoms with Crippen LogP contribution in [0, 0.1) is 0 Å². The number of ether oxygens (including phenoxy) is 2. The van der Waals surface area contributed by atoms with Crippen LogP contribution in [0.2, 0.25) is 0 Å². The summed E-state index contributed by atoms with van der Waals surface area (Å²) in [5, 5.41) is 15.8. The molecule has 0 aliphatic rings. The highest BCUT2D eigenvalue weighted by Gasteiger charge is 2.43. The van der Waals surface area contributed by atoms with Gasteiger partial charge in [0.2, 0.25) is 0 Å². The zero-order valence-electron chi connectivity index (χ0n) is 24.9. The number of nitrogens with one attached hydrogen (secondary N) is 1. The average molecular weight is 587 g/mol. The summed E-state index contributed by atoms with van der Waals surface area (Å²) in [6.07, 6.45) is -0.193. The second-order valence-electron chi connectivity index (χ2n) is 11.2. The fourth-order valence-corrected chi connectivity index (χ4v) is 5.36. The van der Waals surface area contributed by atoms with Gasteiger partial charge in [-0.15, -0.1) is 5.10 Å². The molecule has 0 radical (unpaired) electrons. The summed E-state index contributed by atoms with van der Waals surface area (Å²) in [5.74, 6) is -0.763. The van der Waals surface area contributed by atoms with Crippen LogP contribution in [0.15, 0.2) is 91.0 Å². The number of benzene rings is 3. The molecule has 0 aliphatic heterocycles. The molecule has 226 valence electrons. The van der Waals surface area contributed by atoms with E-state index in [1.807, 2.05) is 91.0 Å². The number of methoxy groups -OCH3 is 1. The van der Waals surface area contributed by atoms with Gasteiger partial charge in [0.1, 0.15) is 17.2 Å². The van der Waals surface area contributed by atoms with Crippen molar-refractivity contribution in [3.8, 4) is 0 Å². The maximum atomic E-state index is 13.6. The standard InChI is InChI=1S/C33H38FN5O4/c1-32(2,3)43-31(41)35-28(30(40)42-4)23-24(15-14-22-34)29-36-37-38-39(29)33(25-16-8-5-9-17-25,26-18-10-6-11-19-26)27-20-12-7-13-21-27/h5-13,16-21,24,28H,14-15,22-23H2,1-4H3,(H,35,41)/t24?,28-/m0/s1/i34-1. The first-order chi connectivity index (χ1) is 20.7. The molecule has 0 saturated heterocycles. The molecule has 2 atom stereocenters. The van der Waals surface area contributed by atoms with Crippen molar-refractivity contribution in [1.29, 1.82) is 0 Å². The second kappa shape index (κ2) is 14.0. The van der Waals surface area contributed by atoms with Crippen LogP contribution in [-0.4, -0.2) is 57.7 Å². The molecule has 0 saturated carbocycles. The largest absolute Gasteiger partial charge is 0.467 e.